The van der Waals surface area contributed by atoms with Gasteiger partial charge in [0.2, 0.25) is 10.0 Å². The van der Waals surface area contributed by atoms with Crippen LogP contribution in [0.1, 0.15) is 10.4 Å². The monoisotopic (exact) mass is 398 g/mol. The molecule has 2 aromatic rings. The van der Waals surface area contributed by atoms with E-state index in [1.807, 2.05) is 0 Å². The molecule has 9 heteroatoms. The van der Waals surface area contributed by atoms with E-state index in [-0.39, 0.29) is 23.5 Å². The number of anilines is 1. The number of carbonyl (C=O) groups is 1. The molecule has 138 valence electrons. The highest BCUT2D eigenvalue weighted by Gasteiger charge is 2.27. The number of hydrogen-bond donors (Lipinski definition) is 1. The van der Waals surface area contributed by atoms with Crippen LogP contribution < -0.4 is 5.32 Å². The molecule has 26 heavy (non-hydrogen) atoms. The Bertz CT molecular complexity index is 930. The Morgan fingerprint density at radius 3 is 2.58 bits per heavy atom. The van der Waals surface area contributed by atoms with Gasteiger partial charge < -0.3 is 10.1 Å². The predicted octanol–water partition coefficient (Wildman–Crippen LogP) is 2.75. The van der Waals surface area contributed by atoms with Gasteiger partial charge in [0.1, 0.15) is 5.82 Å². The molecule has 1 heterocycles. The first-order valence-electron chi connectivity index (χ1n) is 7.82. The summed E-state index contributed by atoms with van der Waals surface area (Å²) in [6.07, 6.45) is 0. The van der Waals surface area contributed by atoms with E-state index in [4.69, 9.17) is 16.3 Å². The topological polar surface area (TPSA) is 75.7 Å². The second kappa shape index (κ2) is 7.71. The fourth-order valence-electron chi connectivity index (χ4n) is 2.54. The van der Waals surface area contributed by atoms with E-state index in [0.717, 1.165) is 18.2 Å². The molecule has 0 spiro atoms. The van der Waals surface area contributed by atoms with Crippen molar-refractivity contribution in [2.75, 3.05) is 31.6 Å². The second-order valence-electron chi connectivity index (χ2n) is 5.62. The third-order valence-electron chi connectivity index (χ3n) is 3.87. The lowest BCUT2D eigenvalue weighted by atomic mass is 10.2. The molecular formula is C17H16ClFN2O4S. The molecular weight excluding hydrogens is 383 g/mol. The lowest BCUT2D eigenvalue weighted by molar-refractivity contribution is 0.0730. The van der Waals surface area contributed by atoms with Crippen molar-refractivity contribution in [1.82, 2.24) is 4.31 Å². The molecule has 1 saturated heterocycles. The van der Waals surface area contributed by atoms with Gasteiger partial charge in [-0.05, 0) is 36.4 Å². The fraction of sp³-hybridized carbons (Fsp3) is 0.235. The van der Waals surface area contributed by atoms with Gasteiger partial charge in [0.05, 0.1) is 23.7 Å². The normalized spacial score (nSPS) is 15.6. The van der Waals surface area contributed by atoms with Crippen molar-refractivity contribution in [3.63, 3.8) is 0 Å². The SMILES string of the molecule is O=C(Nc1cccc(Cl)c1)c1cc(S(=O)(=O)N2CCOCC2)ccc1F. The molecule has 0 radical (unpaired) electrons. The summed E-state index contributed by atoms with van der Waals surface area (Å²) in [4.78, 5) is 12.2. The number of amides is 1. The summed E-state index contributed by atoms with van der Waals surface area (Å²) in [5.41, 5.74) is 0.0163. The van der Waals surface area contributed by atoms with Crippen LogP contribution >= 0.6 is 11.6 Å². The number of morpholine rings is 1. The van der Waals surface area contributed by atoms with Crippen LogP contribution in [0, 0.1) is 5.82 Å². The summed E-state index contributed by atoms with van der Waals surface area (Å²) in [5.74, 6) is -1.57. The Kier molecular flexibility index (Phi) is 5.57. The lowest BCUT2D eigenvalue weighted by Gasteiger charge is -2.26. The number of benzene rings is 2. The average Bonchev–Trinajstić information content (AvgIpc) is 2.62. The number of rotatable bonds is 4. The van der Waals surface area contributed by atoms with Crippen LogP contribution in [-0.2, 0) is 14.8 Å². The molecule has 0 aromatic heterocycles. The molecule has 1 N–H and O–H groups in total. The van der Waals surface area contributed by atoms with Crippen LogP contribution in [0.4, 0.5) is 10.1 Å². The number of hydrogen-bond acceptors (Lipinski definition) is 4. The van der Waals surface area contributed by atoms with E-state index >= 15 is 0 Å². The van der Waals surface area contributed by atoms with Crippen molar-refractivity contribution < 1.29 is 22.3 Å². The third kappa shape index (κ3) is 4.04. The van der Waals surface area contributed by atoms with Gasteiger partial charge in [0.15, 0.2) is 0 Å². The average molecular weight is 399 g/mol. The second-order valence-corrected chi connectivity index (χ2v) is 8.00. The summed E-state index contributed by atoms with van der Waals surface area (Å²) >= 11 is 5.86. The number of halogens is 2. The van der Waals surface area contributed by atoms with Crippen molar-refractivity contribution in [2.45, 2.75) is 4.90 Å². The Labute approximate surface area is 155 Å². The maximum absolute atomic E-state index is 14.1. The van der Waals surface area contributed by atoms with Crippen molar-refractivity contribution in [2.24, 2.45) is 0 Å². The highest BCUT2D eigenvalue weighted by molar-refractivity contribution is 7.89. The smallest absolute Gasteiger partial charge is 0.258 e. The molecule has 1 aliphatic heterocycles. The Hall–Kier alpha value is -2.00. The molecule has 2 aromatic carbocycles. The molecule has 3 rings (SSSR count). The summed E-state index contributed by atoms with van der Waals surface area (Å²) in [6.45, 7) is 1.01. The fourth-order valence-corrected chi connectivity index (χ4v) is 4.16. The third-order valence-corrected chi connectivity index (χ3v) is 6.00. The van der Waals surface area contributed by atoms with Gasteiger partial charge in [-0.15, -0.1) is 0 Å². The van der Waals surface area contributed by atoms with Gasteiger partial charge in [-0.3, -0.25) is 4.79 Å². The van der Waals surface area contributed by atoms with Crippen LogP contribution in [0.3, 0.4) is 0 Å². The van der Waals surface area contributed by atoms with Gasteiger partial charge in [-0.2, -0.15) is 4.31 Å². The highest BCUT2D eigenvalue weighted by atomic mass is 35.5. The lowest BCUT2D eigenvalue weighted by Crippen LogP contribution is -2.40. The molecule has 1 aliphatic rings. The summed E-state index contributed by atoms with van der Waals surface area (Å²) in [5, 5.41) is 2.92. The van der Waals surface area contributed by atoms with Gasteiger partial charge in [0.25, 0.3) is 5.91 Å². The maximum atomic E-state index is 14.1. The van der Waals surface area contributed by atoms with Crippen molar-refractivity contribution in [3.05, 3.63) is 58.9 Å². The van der Waals surface area contributed by atoms with Gasteiger partial charge >= 0.3 is 0 Å². The van der Waals surface area contributed by atoms with Gasteiger partial charge in [0, 0.05) is 23.8 Å². The first-order chi connectivity index (χ1) is 12.4. The minimum Gasteiger partial charge on any atom is -0.379 e. The van der Waals surface area contributed by atoms with Crippen molar-refractivity contribution in [1.29, 1.82) is 0 Å². The molecule has 0 aliphatic carbocycles. The zero-order valence-electron chi connectivity index (χ0n) is 13.6. The molecule has 0 unspecified atom stereocenters. The Morgan fingerprint density at radius 2 is 1.88 bits per heavy atom. The standard InChI is InChI=1S/C17H16ClFN2O4S/c18-12-2-1-3-13(10-12)20-17(22)15-11-14(4-5-16(15)19)26(23,24)21-6-8-25-9-7-21/h1-5,10-11H,6-9H2,(H,20,22). The minimum atomic E-state index is -3.83. The number of ether oxygens (including phenoxy) is 1. The Morgan fingerprint density at radius 1 is 1.15 bits per heavy atom. The molecule has 0 bridgehead atoms. The van der Waals surface area contributed by atoms with Crippen LogP contribution in [0.15, 0.2) is 47.4 Å². The van der Waals surface area contributed by atoms with E-state index < -0.39 is 21.7 Å². The minimum absolute atomic E-state index is 0.142. The van der Waals surface area contributed by atoms with Gasteiger partial charge in [-0.25, -0.2) is 12.8 Å². The largest absolute Gasteiger partial charge is 0.379 e. The predicted molar refractivity (Wildman–Crippen MR) is 95.4 cm³/mol. The van der Waals surface area contributed by atoms with Crippen molar-refractivity contribution >= 4 is 33.2 Å². The van der Waals surface area contributed by atoms with Crippen molar-refractivity contribution in [3.8, 4) is 0 Å². The van der Waals surface area contributed by atoms with Crippen LogP contribution in [-0.4, -0.2) is 44.9 Å². The quantitative estimate of drug-likeness (QED) is 0.859. The van der Waals surface area contributed by atoms with E-state index in [2.05, 4.69) is 5.32 Å². The van der Waals surface area contributed by atoms with Gasteiger partial charge in [-0.1, -0.05) is 17.7 Å². The zero-order chi connectivity index (χ0) is 18.7. The maximum Gasteiger partial charge on any atom is 0.258 e. The molecule has 1 fully saturated rings. The number of nitrogens with one attached hydrogen (secondary N) is 1. The number of carbonyl (C=O) groups excluding carboxylic acids is 1. The first kappa shape index (κ1) is 18.8. The van der Waals surface area contributed by atoms with Crippen LogP contribution in [0.25, 0.3) is 0 Å². The van der Waals surface area contributed by atoms with Crippen LogP contribution in [0.5, 0.6) is 0 Å². The van der Waals surface area contributed by atoms with E-state index in [0.29, 0.717) is 23.9 Å². The zero-order valence-corrected chi connectivity index (χ0v) is 15.2. The number of nitrogens with zero attached hydrogens (tertiary/aromatic N) is 1. The number of sulfonamides is 1. The summed E-state index contributed by atoms with van der Waals surface area (Å²) in [7, 11) is -3.83. The molecule has 0 saturated carbocycles. The summed E-state index contributed by atoms with van der Waals surface area (Å²) in [6, 6.07) is 9.53. The van der Waals surface area contributed by atoms with Crippen LogP contribution in [0.2, 0.25) is 5.02 Å². The summed E-state index contributed by atoms with van der Waals surface area (Å²) < 4.78 is 45.9. The first-order valence-corrected chi connectivity index (χ1v) is 9.64. The molecule has 1 amide bonds. The highest BCUT2D eigenvalue weighted by Crippen LogP contribution is 2.22. The van der Waals surface area contributed by atoms with E-state index in [1.54, 1.807) is 18.2 Å². The van der Waals surface area contributed by atoms with E-state index in [1.165, 1.54) is 10.4 Å². The molecule has 0 atom stereocenters. The Balaban J connectivity index is 1.88. The van der Waals surface area contributed by atoms with E-state index in [9.17, 15) is 17.6 Å². The molecule has 6 nitrogen and oxygen atoms in total.